The number of hydrogen-bond acceptors (Lipinski definition) is 9. The Morgan fingerprint density at radius 1 is 1.35 bits per heavy atom. The fraction of sp³-hybridized carbons (Fsp3) is 0.750. The van der Waals surface area contributed by atoms with Crippen molar-refractivity contribution in [1.29, 1.82) is 0 Å². The fourth-order valence-electron chi connectivity index (χ4n) is 1.13. The van der Waals surface area contributed by atoms with Crippen LogP contribution in [0.5, 0.6) is 0 Å². The third-order valence-electron chi connectivity index (χ3n) is 2.01. The predicted octanol–water partition coefficient (Wildman–Crippen LogP) is -6.75. The van der Waals surface area contributed by atoms with Crippen LogP contribution in [0, 0.1) is 0 Å². The second kappa shape index (κ2) is 9.76. The molecule has 1 amide bonds. The number of amides is 1. The molecule has 0 rings (SSSR count). The molecule has 0 radical (unpaired) electrons. The second-order valence-corrected chi connectivity index (χ2v) is 4.66. The van der Waals surface area contributed by atoms with Crippen molar-refractivity contribution in [2.45, 2.75) is 31.3 Å². The summed E-state index contributed by atoms with van der Waals surface area (Å²) in [5, 5.41) is 30.1. The SMILES string of the molecule is CC(=O)N[C@@H](C=O)[C@@H](O)[C@@H](O)[C@H](O)COS(=O)(=O)[O-].[Na+]. The summed E-state index contributed by atoms with van der Waals surface area (Å²) in [5.41, 5.74) is 0. The van der Waals surface area contributed by atoms with E-state index in [9.17, 15) is 37.9 Å². The van der Waals surface area contributed by atoms with Crippen LogP contribution in [0.25, 0.3) is 0 Å². The van der Waals surface area contributed by atoms with Crippen LogP contribution in [0.3, 0.4) is 0 Å². The summed E-state index contributed by atoms with van der Waals surface area (Å²) in [7, 11) is -5.07. The minimum Gasteiger partial charge on any atom is -0.726 e. The Kier molecular flexibility index (Phi) is 10.8. The van der Waals surface area contributed by atoms with E-state index in [0.29, 0.717) is 0 Å². The Bertz CT molecular complexity index is 414. The molecule has 12 heteroatoms. The van der Waals surface area contributed by atoms with Gasteiger partial charge in [0, 0.05) is 6.92 Å². The van der Waals surface area contributed by atoms with Gasteiger partial charge >= 0.3 is 29.6 Å². The molecule has 20 heavy (non-hydrogen) atoms. The van der Waals surface area contributed by atoms with Crippen LogP contribution in [0.4, 0.5) is 0 Å². The number of carbonyl (C=O) groups excluding carboxylic acids is 2. The minimum atomic E-state index is -5.07. The number of nitrogens with one attached hydrogen (secondary N) is 1. The third kappa shape index (κ3) is 8.94. The van der Waals surface area contributed by atoms with Gasteiger partial charge in [0.2, 0.25) is 16.3 Å². The number of carbonyl (C=O) groups is 2. The molecule has 112 valence electrons. The molecule has 0 aromatic heterocycles. The number of hydrogen-bond donors (Lipinski definition) is 4. The second-order valence-electron chi connectivity index (χ2n) is 3.60. The van der Waals surface area contributed by atoms with Crippen LogP contribution >= 0.6 is 0 Å². The first-order valence-corrected chi connectivity index (χ1v) is 6.28. The average Bonchev–Trinajstić information content (AvgIpc) is 2.29. The standard InChI is InChI=1S/C8H15NO9S.Na/c1-4(11)9-5(2-10)7(13)8(14)6(12)3-18-19(15,16)17;/h2,5-8,12-14H,3H2,1H3,(H,9,11)(H,15,16,17);/q;+1/p-1/t5-,6+,7+,8-;/m0./s1. The Hall–Kier alpha value is -0.110. The van der Waals surface area contributed by atoms with Gasteiger partial charge in [0.15, 0.2) is 0 Å². The van der Waals surface area contributed by atoms with Crippen molar-refractivity contribution in [2.24, 2.45) is 0 Å². The van der Waals surface area contributed by atoms with Gasteiger partial charge in [-0.05, 0) is 0 Å². The molecule has 0 unspecified atom stereocenters. The number of aldehydes is 1. The van der Waals surface area contributed by atoms with E-state index in [1.807, 2.05) is 5.32 Å². The molecule has 0 saturated carbocycles. The van der Waals surface area contributed by atoms with Crippen molar-refractivity contribution >= 4 is 22.6 Å². The van der Waals surface area contributed by atoms with Gasteiger partial charge in [-0.1, -0.05) is 0 Å². The van der Waals surface area contributed by atoms with Crippen molar-refractivity contribution in [3.8, 4) is 0 Å². The van der Waals surface area contributed by atoms with E-state index in [2.05, 4.69) is 4.18 Å². The van der Waals surface area contributed by atoms with Crippen molar-refractivity contribution in [2.75, 3.05) is 6.61 Å². The summed E-state index contributed by atoms with van der Waals surface area (Å²) in [6.45, 7) is -0.0468. The molecule has 0 saturated heterocycles. The van der Waals surface area contributed by atoms with Gasteiger partial charge in [0.25, 0.3) is 0 Å². The van der Waals surface area contributed by atoms with Crippen molar-refractivity contribution in [3.63, 3.8) is 0 Å². The van der Waals surface area contributed by atoms with Crippen LogP contribution < -0.4 is 34.9 Å². The molecule has 0 heterocycles. The van der Waals surface area contributed by atoms with Crippen LogP contribution in [0.1, 0.15) is 6.92 Å². The smallest absolute Gasteiger partial charge is 0.726 e. The van der Waals surface area contributed by atoms with Crippen molar-refractivity contribution < 1.29 is 71.6 Å². The maximum Gasteiger partial charge on any atom is 1.00 e. The van der Waals surface area contributed by atoms with Crippen LogP contribution in [0.15, 0.2) is 0 Å². The largest absolute Gasteiger partial charge is 1.00 e. The summed E-state index contributed by atoms with van der Waals surface area (Å²) in [6, 6.07) is -1.51. The summed E-state index contributed by atoms with van der Waals surface area (Å²) in [4.78, 5) is 21.3. The molecule has 0 bridgehead atoms. The number of aliphatic hydroxyl groups is 3. The molecular weight excluding hydrogens is 309 g/mol. The van der Waals surface area contributed by atoms with Gasteiger partial charge in [0.05, 0.1) is 6.61 Å². The zero-order valence-corrected chi connectivity index (χ0v) is 13.6. The quantitative estimate of drug-likeness (QED) is 0.146. The van der Waals surface area contributed by atoms with Crippen molar-refractivity contribution in [3.05, 3.63) is 0 Å². The molecule has 0 aliphatic carbocycles. The molecule has 0 fully saturated rings. The topological polar surface area (TPSA) is 173 Å². The normalized spacial score (nSPS) is 17.2. The Balaban J connectivity index is 0. The zero-order valence-electron chi connectivity index (χ0n) is 10.8. The van der Waals surface area contributed by atoms with Crippen LogP contribution in [-0.2, 0) is 24.2 Å². The zero-order chi connectivity index (χ0) is 15.2. The van der Waals surface area contributed by atoms with Gasteiger partial charge in [-0.25, -0.2) is 8.42 Å². The summed E-state index contributed by atoms with van der Waals surface area (Å²) in [6.07, 6.45) is -5.75. The first kappa shape index (κ1) is 22.2. The minimum absolute atomic E-state index is 0. The molecule has 0 aromatic rings. The van der Waals surface area contributed by atoms with E-state index < -0.39 is 47.3 Å². The molecule has 0 aromatic carbocycles. The van der Waals surface area contributed by atoms with Gasteiger partial charge in [-0.3, -0.25) is 8.98 Å². The molecule has 0 spiro atoms. The predicted molar refractivity (Wildman–Crippen MR) is 57.3 cm³/mol. The van der Waals surface area contributed by atoms with Crippen LogP contribution in [0.2, 0.25) is 0 Å². The Labute approximate surface area is 137 Å². The molecule has 4 atom stereocenters. The van der Waals surface area contributed by atoms with Gasteiger partial charge in [-0.15, -0.1) is 0 Å². The number of rotatable bonds is 8. The Morgan fingerprint density at radius 2 is 1.85 bits per heavy atom. The van der Waals surface area contributed by atoms with E-state index in [1.54, 1.807) is 0 Å². The molecular formula is C8H14NNaO9S. The maximum absolute atomic E-state index is 10.7. The van der Waals surface area contributed by atoms with Crippen molar-refractivity contribution in [1.82, 2.24) is 5.32 Å². The summed E-state index contributed by atoms with van der Waals surface area (Å²) < 4.78 is 34.0. The molecule has 0 aliphatic rings. The maximum atomic E-state index is 10.7. The molecule has 10 nitrogen and oxygen atoms in total. The average molecular weight is 323 g/mol. The summed E-state index contributed by atoms with van der Waals surface area (Å²) in [5.74, 6) is -0.670. The van der Waals surface area contributed by atoms with Gasteiger partial charge in [-0.2, -0.15) is 0 Å². The fourth-order valence-corrected chi connectivity index (χ4v) is 1.43. The number of aliphatic hydroxyl groups excluding tert-OH is 3. The van der Waals surface area contributed by atoms with E-state index in [0.717, 1.165) is 6.92 Å². The third-order valence-corrected chi connectivity index (χ3v) is 2.44. The monoisotopic (exact) mass is 323 g/mol. The van der Waals surface area contributed by atoms with Gasteiger partial charge < -0.3 is 30.0 Å². The molecule has 4 N–H and O–H groups in total. The van der Waals surface area contributed by atoms with E-state index in [-0.39, 0.29) is 35.8 Å². The first-order valence-electron chi connectivity index (χ1n) is 4.95. The summed E-state index contributed by atoms with van der Waals surface area (Å²) >= 11 is 0. The van der Waals surface area contributed by atoms with Crippen LogP contribution in [-0.4, -0.2) is 71.4 Å². The van der Waals surface area contributed by atoms with E-state index in [4.69, 9.17) is 0 Å². The van der Waals surface area contributed by atoms with E-state index in [1.165, 1.54) is 0 Å². The van der Waals surface area contributed by atoms with Gasteiger partial charge in [0.1, 0.15) is 30.6 Å². The molecule has 0 aliphatic heterocycles. The Morgan fingerprint density at radius 3 is 2.20 bits per heavy atom. The first-order chi connectivity index (χ1) is 8.58. The van der Waals surface area contributed by atoms with E-state index >= 15 is 0 Å².